The molecule has 2 aromatic rings. The fourth-order valence-electron chi connectivity index (χ4n) is 3.40. The Morgan fingerprint density at radius 2 is 1.67 bits per heavy atom. The molecule has 3 rings (SSSR count). The number of morpholine rings is 1. The van der Waals surface area contributed by atoms with Gasteiger partial charge in [-0.2, -0.15) is 4.31 Å². The maximum atomic E-state index is 12.9. The Bertz CT molecular complexity index is 1020. The van der Waals surface area contributed by atoms with E-state index >= 15 is 0 Å². The molecule has 30 heavy (non-hydrogen) atoms. The normalized spacial score (nSPS) is 21.2. The minimum absolute atomic E-state index is 0.151. The first-order chi connectivity index (χ1) is 14.1. The smallest absolute Gasteiger partial charge is 0.251 e. The van der Waals surface area contributed by atoms with Gasteiger partial charge in [0.1, 0.15) is 0 Å². The summed E-state index contributed by atoms with van der Waals surface area (Å²) in [5.74, 6) is -0.314. The number of rotatable bonds is 5. The fraction of sp³-hybridized carbons (Fsp3) is 0.381. The molecule has 1 fully saturated rings. The molecule has 1 N–H and O–H groups in total. The zero-order chi connectivity index (χ0) is 22.1. The van der Waals surface area contributed by atoms with Crippen LogP contribution < -0.4 is 5.32 Å². The molecule has 1 aliphatic rings. The third kappa shape index (κ3) is 5.15. The monoisotopic (exact) mass is 470 g/mol. The first kappa shape index (κ1) is 23.0. The standard InChI is InChI=1S/C21H24Cl2N2O4S/c1-13-11-25(12-14(2)29-13)30(27,28)18-7-4-16(5-8-18)21(26)24-15(3)17-6-9-19(22)20(23)10-17/h4-10,13-15H,11-12H2,1-3H3,(H,24,26). The molecule has 9 heteroatoms. The average molecular weight is 471 g/mol. The Morgan fingerprint density at radius 3 is 2.23 bits per heavy atom. The van der Waals surface area contributed by atoms with Gasteiger partial charge < -0.3 is 10.1 Å². The molecule has 1 amide bonds. The van der Waals surface area contributed by atoms with E-state index in [1.807, 2.05) is 20.8 Å². The minimum atomic E-state index is -3.65. The molecular weight excluding hydrogens is 447 g/mol. The number of amides is 1. The van der Waals surface area contributed by atoms with Gasteiger partial charge in [0.25, 0.3) is 5.91 Å². The topological polar surface area (TPSA) is 75.7 Å². The Hall–Kier alpha value is -1.64. The second-order valence-electron chi connectivity index (χ2n) is 7.47. The van der Waals surface area contributed by atoms with Gasteiger partial charge in [-0.25, -0.2) is 8.42 Å². The van der Waals surface area contributed by atoms with E-state index in [2.05, 4.69) is 5.32 Å². The number of nitrogens with zero attached hydrogens (tertiary/aromatic N) is 1. The van der Waals surface area contributed by atoms with Crippen molar-refractivity contribution >= 4 is 39.1 Å². The van der Waals surface area contributed by atoms with Gasteiger partial charge in [-0.15, -0.1) is 0 Å². The van der Waals surface area contributed by atoms with Crippen molar-refractivity contribution in [1.29, 1.82) is 0 Å². The van der Waals surface area contributed by atoms with Gasteiger partial charge >= 0.3 is 0 Å². The van der Waals surface area contributed by atoms with Crippen LogP contribution in [-0.4, -0.2) is 43.9 Å². The summed E-state index contributed by atoms with van der Waals surface area (Å²) in [7, 11) is -3.65. The first-order valence-electron chi connectivity index (χ1n) is 9.59. The summed E-state index contributed by atoms with van der Waals surface area (Å²) in [6, 6.07) is 10.8. The number of hydrogen-bond donors (Lipinski definition) is 1. The lowest BCUT2D eigenvalue weighted by molar-refractivity contribution is -0.0440. The molecule has 162 valence electrons. The van der Waals surface area contributed by atoms with E-state index in [0.717, 1.165) is 5.56 Å². The van der Waals surface area contributed by atoms with Crippen molar-refractivity contribution in [3.05, 3.63) is 63.6 Å². The van der Waals surface area contributed by atoms with Crippen molar-refractivity contribution in [3.8, 4) is 0 Å². The summed E-state index contributed by atoms with van der Waals surface area (Å²) in [5, 5.41) is 3.73. The van der Waals surface area contributed by atoms with Gasteiger partial charge in [-0.1, -0.05) is 29.3 Å². The highest BCUT2D eigenvalue weighted by Gasteiger charge is 2.32. The van der Waals surface area contributed by atoms with Crippen molar-refractivity contribution in [2.24, 2.45) is 0 Å². The van der Waals surface area contributed by atoms with Gasteiger partial charge in [0.2, 0.25) is 10.0 Å². The minimum Gasteiger partial charge on any atom is -0.373 e. The zero-order valence-electron chi connectivity index (χ0n) is 16.9. The van der Waals surface area contributed by atoms with Gasteiger partial charge in [0.15, 0.2) is 0 Å². The second kappa shape index (κ2) is 9.24. The van der Waals surface area contributed by atoms with Crippen LogP contribution in [0.1, 0.15) is 42.7 Å². The van der Waals surface area contributed by atoms with Crippen LogP contribution in [0.3, 0.4) is 0 Å². The van der Waals surface area contributed by atoms with E-state index in [4.69, 9.17) is 27.9 Å². The van der Waals surface area contributed by atoms with Crippen molar-refractivity contribution in [2.75, 3.05) is 13.1 Å². The van der Waals surface area contributed by atoms with Crippen LogP contribution in [-0.2, 0) is 14.8 Å². The number of halogens is 2. The van der Waals surface area contributed by atoms with E-state index in [0.29, 0.717) is 28.7 Å². The molecule has 0 spiro atoms. The molecule has 6 nitrogen and oxygen atoms in total. The highest BCUT2D eigenvalue weighted by Crippen LogP contribution is 2.26. The molecular formula is C21H24Cl2N2O4S. The molecule has 0 saturated carbocycles. The van der Waals surface area contributed by atoms with Gasteiger partial charge in [0.05, 0.1) is 33.2 Å². The van der Waals surface area contributed by atoms with E-state index in [1.165, 1.54) is 28.6 Å². The van der Waals surface area contributed by atoms with Crippen molar-refractivity contribution < 1.29 is 17.9 Å². The molecule has 0 bridgehead atoms. The molecule has 0 radical (unpaired) electrons. The number of ether oxygens (including phenoxy) is 1. The van der Waals surface area contributed by atoms with Crippen LogP contribution in [0.25, 0.3) is 0 Å². The van der Waals surface area contributed by atoms with Crippen molar-refractivity contribution in [1.82, 2.24) is 9.62 Å². The number of nitrogens with one attached hydrogen (secondary N) is 1. The Kier molecular flexibility index (Phi) is 7.09. The third-order valence-corrected chi connectivity index (χ3v) is 7.52. The Labute approximate surface area is 187 Å². The van der Waals surface area contributed by atoms with Crippen molar-refractivity contribution in [3.63, 3.8) is 0 Å². The van der Waals surface area contributed by atoms with E-state index < -0.39 is 10.0 Å². The Balaban J connectivity index is 1.71. The quantitative estimate of drug-likeness (QED) is 0.707. The van der Waals surface area contributed by atoms with Crippen LogP contribution in [0, 0.1) is 0 Å². The maximum absolute atomic E-state index is 12.9. The molecule has 1 saturated heterocycles. The molecule has 0 aliphatic carbocycles. The summed E-state index contributed by atoms with van der Waals surface area (Å²) in [4.78, 5) is 12.7. The van der Waals surface area contributed by atoms with E-state index in [1.54, 1.807) is 18.2 Å². The Morgan fingerprint density at radius 1 is 1.07 bits per heavy atom. The molecule has 1 aliphatic heterocycles. The molecule has 3 atom stereocenters. The molecule has 1 heterocycles. The summed E-state index contributed by atoms with van der Waals surface area (Å²) in [6.07, 6.45) is -0.340. The van der Waals surface area contributed by atoms with E-state index in [9.17, 15) is 13.2 Å². The lowest BCUT2D eigenvalue weighted by atomic mass is 10.1. The number of hydrogen-bond acceptors (Lipinski definition) is 4. The van der Waals surface area contributed by atoms with Crippen LogP contribution in [0.2, 0.25) is 10.0 Å². The predicted octanol–water partition coefficient (Wildman–Crippen LogP) is 4.28. The van der Waals surface area contributed by atoms with Gasteiger partial charge in [-0.05, 0) is 62.7 Å². The molecule has 2 aromatic carbocycles. The third-order valence-electron chi connectivity index (χ3n) is 4.93. The summed E-state index contributed by atoms with van der Waals surface area (Å²) in [5.41, 5.74) is 1.18. The lowest BCUT2D eigenvalue weighted by Gasteiger charge is -2.34. The average Bonchev–Trinajstić information content (AvgIpc) is 2.69. The van der Waals surface area contributed by atoms with Crippen LogP contribution in [0.15, 0.2) is 47.4 Å². The number of benzene rings is 2. The first-order valence-corrected chi connectivity index (χ1v) is 11.8. The van der Waals surface area contributed by atoms with Crippen LogP contribution in [0.5, 0.6) is 0 Å². The predicted molar refractivity (Wildman–Crippen MR) is 118 cm³/mol. The summed E-state index contributed by atoms with van der Waals surface area (Å²) in [6.45, 7) is 6.13. The highest BCUT2D eigenvalue weighted by molar-refractivity contribution is 7.89. The van der Waals surface area contributed by atoms with Gasteiger partial charge in [0, 0.05) is 18.7 Å². The fourth-order valence-corrected chi connectivity index (χ4v) is 5.30. The van der Waals surface area contributed by atoms with Gasteiger partial charge in [-0.3, -0.25) is 4.79 Å². The largest absolute Gasteiger partial charge is 0.373 e. The van der Waals surface area contributed by atoms with E-state index in [-0.39, 0.29) is 29.1 Å². The maximum Gasteiger partial charge on any atom is 0.251 e. The highest BCUT2D eigenvalue weighted by atomic mass is 35.5. The number of carbonyl (C=O) groups is 1. The number of carbonyl (C=O) groups excluding carboxylic acids is 1. The van der Waals surface area contributed by atoms with Crippen LogP contribution in [0.4, 0.5) is 0 Å². The van der Waals surface area contributed by atoms with Crippen molar-refractivity contribution in [2.45, 2.75) is 43.9 Å². The molecule has 3 unspecified atom stereocenters. The SMILES string of the molecule is CC1CN(S(=O)(=O)c2ccc(C(=O)NC(C)c3ccc(Cl)c(Cl)c3)cc2)CC(C)O1. The zero-order valence-corrected chi connectivity index (χ0v) is 19.3. The summed E-state index contributed by atoms with van der Waals surface area (Å²) >= 11 is 12.0. The summed E-state index contributed by atoms with van der Waals surface area (Å²) < 4.78 is 32.9. The molecule has 0 aromatic heterocycles. The second-order valence-corrected chi connectivity index (χ2v) is 10.2. The lowest BCUT2D eigenvalue weighted by Crippen LogP contribution is -2.48. The van der Waals surface area contributed by atoms with Crippen LogP contribution >= 0.6 is 23.2 Å². The number of sulfonamides is 1.